The van der Waals surface area contributed by atoms with E-state index in [1.807, 2.05) is 36.4 Å². The highest BCUT2D eigenvalue weighted by molar-refractivity contribution is 5.96. The van der Waals surface area contributed by atoms with Gasteiger partial charge >= 0.3 is 12.1 Å². The van der Waals surface area contributed by atoms with E-state index < -0.39 is 24.6 Å². The number of hydrogen-bond donors (Lipinski definition) is 2. The SMILES string of the molecule is Cc1ccc(C(=O)N(C)OCC(=O)O)cc1NC(=O)OCC1c2ccccc2-c2ccccc21. The number of carboxylic acid groups (broad SMARTS) is 1. The van der Waals surface area contributed by atoms with Gasteiger partial charge in [-0.15, -0.1) is 0 Å². The number of fused-ring (bicyclic) bond motifs is 3. The van der Waals surface area contributed by atoms with Crippen LogP contribution in [0.3, 0.4) is 0 Å². The van der Waals surface area contributed by atoms with Gasteiger partial charge in [0.1, 0.15) is 6.61 Å². The Labute approximate surface area is 196 Å². The number of benzene rings is 3. The number of aliphatic carboxylic acids is 1. The van der Waals surface area contributed by atoms with Crippen molar-refractivity contribution in [1.82, 2.24) is 5.06 Å². The van der Waals surface area contributed by atoms with Crippen LogP contribution in [0.1, 0.15) is 33.0 Å². The number of hydroxylamine groups is 2. The molecule has 2 amide bonds. The van der Waals surface area contributed by atoms with Crippen molar-refractivity contribution >= 4 is 23.7 Å². The average molecular weight is 460 g/mol. The van der Waals surface area contributed by atoms with Gasteiger partial charge in [0.15, 0.2) is 6.61 Å². The zero-order valence-electron chi connectivity index (χ0n) is 18.8. The molecule has 174 valence electrons. The second-order valence-corrected chi connectivity index (χ2v) is 7.95. The third-order valence-electron chi connectivity index (χ3n) is 5.73. The van der Waals surface area contributed by atoms with Crippen LogP contribution in [-0.2, 0) is 14.4 Å². The van der Waals surface area contributed by atoms with Gasteiger partial charge in [0, 0.05) is 24.2 Å². The molecule has 0 saturated carbocycles. The molecule has 8 nitrogen and oxygen atoms in total. The second-order valence-electron chi connectivity index (χ2n) is 7.95. The summed E-state index contributed by atoms with van der Waals surface area (Å²) in [5.41, 5.74) is 5.89. The van der Waals surface area contributed by atoms with Gasteiger partial charge < -0.3 is 9.84 Å². The molecule has 2 N–H and O–H groups in total. The van der Waals surface area contributed by atoms with E-state index in [2.05, 4.69) is 17.4 Å². The number of carbonyl (C=O) groups excluding carboxylic acids is 2. The summed E-state index contributed by atoms with van der Waals surface area (Å²) in [6.07, 6.45) is -0.634. The lowest BCUT2D eigenvalue weighted by molar-refractivity contribution is -0.159. The molecule has 8 heteroatoms. The predicted octanol–water partition coefficient (Wildman–Crippen LogP) is 4.44. The molecule has 3 aromatic carbocycles. The van der Waals surface area contributed by atoms with Gasteiger partial charge in [-0.05, 0) is 46.9 Å². The van der Waals surface area contributed by atoms with E-state index in [1.54, 1.807) is 19.1 Å². The average Bonchev–Trinajstić information content (AvgIpc) is 3.16. The Morgan fingerprint density at radius 2 is 1.59 bits per heavy atom. The Morgan fingerprint density at radius 3 is 2.21 bits per heavy atom. The maximum atomic E-state index is 12.6. The number of anilines is 1. The second kappa shape index (κ2) is 9.76. The van der Waals surface area contributed by atoms with Crippen LogP contribution in [0.5, 0.6) is 0 Å². The Balaban J connectivity index is 1.43. The van der Waals surface area contributed by atoms with Crippen LogP contribution in [0.2, 0.25) is 0 Å². The van der Waals surface area contributed by atoms with Crippen molar-refractivity contribution < 1.29 is 29.1 Å². The first-order valence-electron chi connectivity index (χ1n) is 10.7. The number of hydrogen-bond acceptors (Lipinski definition) is 5. The Kier molecular flexibility index (Phi) is 6.60. The number of nitrogens with one attached hydrogen (secondary N) is 1. The zero-order valence-corrected chi connectivity index (χ0v) is 18.8. The van der Waals surface area contributed by atoms with Crippen LogP contribution < -0.4 is 5.32 Å². The van der Waals surface area contributed by atoms with E-state index in [-0.39, 0.29) is 18.1 Å². The minimum absolute atomic E-state index is 0.0628. The smallest absolute Gasteiger partial charge is 0.411 e. The quantitative estimate of drug-likeness (QED) is 0.505. The maximum absolute atomic E-state index is 12.6. The molecule has 0 bridgehead atoms. The number of ether oxygens (including phenoxy) is 1. The molecular formula is C26H24N2O6. The summed E-state index contributed by atoms with van der Waals surface area (Å²) in [7, 11) is 1.32. The molecule has 0 aromatic heterocycles. The van der Waals surface area contributed by atoms with E-state index in [1.165, 1.54) is 13.1 Å². The van der Waals surface area contributed by atoms with Crippen LogP contribution >= 0.6 is 0 Å². The largest absolute Gasteiger partial charge is 0.479 e. The molecule has 0 unspecified atom stereocenters. The number of carboxylic acids is 1. The lowest BCUT2D eigenvalue weighted by Crippen LogP contribution is -2.29. The lowest BCUT2D eigenvalue weighted by atomic mass is 9.98. The first kappa shape index (κ1) is 23.0. The van der Waals surface area contributed by atoms with Gasteiger partial charge in [0.25, 0.3) is 5.91 Å². The highest BCUT2D eigenvalue weighted by Crippen LogP contribution is 2.44. The van der Waals surface area contributed by atoms with Crippen molar-refractivity contribution in [1.29, 1.82) is 0 Å². The van der Waals surface area contributed by atoms with E-state index in [4.69, 9.17) is 14.7 Å². The molecule has 1 aliphatic rings. The fraction of sp³-hybridized carbons (Fsp3) is 0.192. The van der Waals surface area contributed by atoms with Crippen molar-refractivity contribution in [3.63, 3.8) is 0 Å². The molecule has 0 heterocycles. The van der Waals surface area contributed by atoms with Gasteiger partial charge in [-0.25, -0.2) is 14.7 Å². The maximum Gasteiger partial charge on any atom is 0.411 e. The van der Waals surface area contributed by atoms with Crippen molar-refractivity contribution in [2.75, 3.05) is 25.6 Å². The molecule has 0 spiro atoms. The highest BCUT2D eigenvalue weighted by Gasteiger charge is 2.29. The molecular weight excluding hydrogens is 436 g/mol. The Hall–Kier alpha value is -4.17. The third kappa shape index (κ3) is 4.77. The summed E-state index contributed by atoms with van der Waals surface area (Å²) >= 11 is 0. The molecule has 0 fully saturated rings. The molecule has 3 aromatic rings. The molecule has 0 aliphatic heterocycles. The van der Waals surface area contributed by atoms with E-state index in [0.29, 0.717) is 5.69 Å². The number of nitrogens with zero attached hydrogens (tertiary/aromatic N) is 1. The molecule has 34 heavy (non-hydrogen) atoms. The lowest BCUT2D eigenvalue weighted by Gasteiger charge is -2.17. The van der Waals surface area contributed by atoms with Crippen molar-refractivity contribution in [3.8, 4) is 11.1 Å². The zero-order chi connectivity index (χ0) is 24.2. The summed E-state index contributed by atoms with van der Waals surface area (Å²) in [5, 5.41) is 12.3. The topological polar surface area (TPSA) is 105 Å². The van der Waals surface area contributed by atoms with E-state index in [0.717, 1.165) is 32.9 Å². The number of aryl methyl sites for hydroxylation is 1. The highest BCUT2D eigenvalue weighted by atomic mass is 16.7. The summed E-state index contributed by atoms with van der Waals surface area (Å²) in [6, 6.07) is 20.9. The molecule has 1 aliphatic carbocycles. The van der Waals surface area contributed by atoms with Gasteiger partial charge in [-0.3, -0.25) is 14.9 Å². The van der Waals surface area contributed by atoms with Gasteiger partial charge in [0.05, 0.1) is 0 Å². The molecule has 0 atom stereocenters. The third-order valence-corrected chi connectivity index (χ3v) is 5.73. The number of amides is 2. The van der Waals surface area contributed by atoms with E-state index in [9.17, 15) is 14.4 Å². The van der Waals surface area contributed by atoms with Crippen LogP contribution in [0.15, 0.2) is 66.7 Å². The fourth-order valence-electron chi connectivity index (χ4n) is 4.03. The molecule has 0 saturated heterocycles. The van der Waals surface area contributed by atoms with Crippen LogP contribution in [-0.4, -0.2) is 48.4 Å². The summed E-state index contributed by atoms with van der Waals surface area (Å²) in [5.74, 6) is -1.80. The van der Waals surface area contributed by atoms with Crippen molar-refractivity contribution in [2.24, 2.45) is 0 Å². The number of carbonyl (C=O) groups is 3. The van der Waals surface area contributed by atoms with Crippen LogP contribution in [0, 0.1) is 6.92 Å². The summed E-state index contributed by atoms with van der Waals surface area (Å²) in [4.78, 5) is 40.7. The first-order chi connectivity index (χ1) is 16.3. The van der Waals surface area contributed by atoms with Crippen molar-refractivity contribution in [3.05, 3.63) is 89.0 Å². The minimum Gasteiger partial charge on any atom is -0.479 e. The summed E-state index contributed by atoms with van der Waals surface area (Å²) in [6.45, 7) is 1.32. The standard InChI is InChI=1S/C26H24N2O6/c1-16-11-12-17(25(31)28(2)34-15-24(29)30)13-23(16)27-26(32)33-14-22-20-9-5-3-7-18(20)19-8-4-6-10-21(19)22/h3-13,22H,14-15H2,1-2H3,(H,27,32)(H,29,30). The van der Waals surface area contributed by atoms with E-state index >= 15 is 0 Å². The molecule has 0 radical (unpaired) electrons. The van der Waals surface area contributed by atoms with Crippen LogP contribution in [0.25, 0.3) is 11.1 Å². The minimum atomic E-state index is -1.19. The van der Waals surface area contributed by atoms with Gasteiger partial charge in [0.2, 0.25) is 0 Å². The summed E-state index contributed by atoms with van der Waals surface area (Å²) < 4.78 is 5.58. The fourth-order valence-corrected chi connectivity index (χ4v) is 4.03. The Bertz CT molecular complexity index is 1210. The predicted molar refractivity (Wildman–Crippen MR) is 126 cm³/mol. The monoisotopic (exact) mass is 460 g/mol. The normalized spacial score (nSPS) is 11.9. The van der Waals surface area contributed by atoms with Crippen LogP contribution in [0.4, 0.5) is 10.5 Å². The van der Waals surface area contributed by atoms with Gasteiger partial charge in [-0.2, -0.15) is 0 Å². The number of rotatable bonds is 7. The van der Waals surface area contributed by atoms with Gasteiger partial charge in [-0.1, -0.05) is 54.6 Å². The first-order valence-corrected chi connectivity index (χ1v) is 10.7. The molecule has 4 rings (SSSR count). The van der Waals surface area contributed by atoms with Crippen molar-refractivity contribution in [2.45, 2.75) is 12.8 Å². The Morgan fingerprint density at radius 1 is 0.971 bits per heavy atom.